The maximum atomic E-state index is 13.9. The fourth-order valence-electron chi connectivity index (χ4n) is 3.33. The van der Waals surface area contributed by atoms with Crippen LogP contribution in [-0.2, 0) is 13.1 Å². The molecule has 2 heterocycles. The van der Waals surface area contributed by atoms with Gasteiger partial charge >= 0.3 is 0 Å². The molecule has 0 saturated heterocycles. The van der Waals surface area contributed by atoms with Gasteiger partial charge in [-0.2, -0.15) is 0 Å². The Kier molecular flexibility index (Phi) is 6.07. The van der Waals surface area contributed by atoms with Crippen LogP contribution >= 0.6 is 0 Å². The van der Waals surface area contributed by atoms with E-state index in [0.29, 0.717) is 29.2 Å². The van der Waals surface area contributed by atoms with Crippen LogP contribution in [0.3, 0.4) is 0 Å². The van der Waals surface area contributed by atoms with Crippen LogP contribution in [0.5, 0.6) is 0 Å². The van der Waals surface area contributed by atoms with Gasteiger partial charge in [-0.1, -0.05) is 29.4 Å². The summed E-state index contributed by atoms with van der Waals surface area (Å²) >= 11 is 0. The summed E-state index contributed by atoms with van der Waals surface area (Å²) in [5.41, 5.74) is 3.26. The van der Waals surface area contributed by atoms with E-state index in [-0.39, 0.29) is 24.0 Å². The second-order valence-corrected chi connectivity index (χ2v) is 7.84. The van der Waals surface area contributed by atoms with Crippen LogP contribution in [0.1, 0.15) is 27.4 Å². The second kappa shape index (κ2) is 9.09. The van der Waals surface area contributed by atoms with Crippen LogP contribution in [0.4, 0.5) is 10.1 Å². The number of benzene rings is 2. The number of rotatable bonds is 7. The minimum Gasteiger partial charge on any atom is -0.467 e. The van der Waals surface area contributed by atoms with Gasteiger partial charge in [0.05, 0.1) is 12.8 Å². The quantitative estimate of drug-likeness (QED) is 0.396. The highest BCUT2D eigenvalue weighted by molar-refractivity contribution is 5.93. The monoisotopic (exact) mass is 433 g/mol. The zero-order valence-corrected chi connectivity index (χ0v) is 18.2. The minimum absolute atomic E-state index is 0.150. The van der Waals surface area contributed by atoms with Crippen molar-refractivity contribution in [1.82, 2.24) is 10.1 Å². The summed E-state index contributed by atoms with van der Waals surface area (Å²) in [6.07, 6.45) is 1.57. The summed E-state index contributed by atoms with van der Waals surface area (Å²) in [5, 5.41) is 3.95. The molecular formula is C25H24FN3O3. The fourth-order valence-corrected chi connectivity index (χ4v) is 3.33. The third kappa shape index (κ3) is 4.72. The number of aryl methyl sites for hydroxylation is 1. The van der Waals surface area contributed by atoms with Crippen LogP contribution in [0.2, 0.25) is 0 Å². The minimum atomic E-state index is -0.340. The van der Waals surface area contributed by atoms with E-state index in [0.717, 1.165) is 11.3 Å². The fraction of sp³-hybridized carbons (Fsp3) is 0.200. The smallest absolute Gasteiger partial charge is 0.276 e. The molecule has 0 aliphatic carbocycles. The molecule has 0 atom stereocenters. The van der Waals surface area contributed by atoms with Gasteiger partial charge < -0.3 is 18.7 Å². The molecular weight excluding hydrogens is 409 g/mol. The number of anilines is 1. The average Bonchev–Trinajstić information content (AvgIpc) is 3.47. The Morgan fingerprint density at radius 3 is 2.47 bits per heavy atom. The van der Waals surface area contributed by atoms with Crippen molar-refractivity contribution in [2.45, 2.75) is 20.0 Å². The molecule has 1 amide bonds. The van der Waals surface area contributed by atoms with Crippen molar-refractivity contribution in [1.29, 1.82) is 0 Å². The van der Waals surface area contributed by atoms with E-state index in [1.807, 2.05) is 49.3 Å². The largest absolute Gasteiger partial charge is 0.467 e. The third-order valence-electron chi connectivity index (χ3n) is 5.23. The number of hydrogen-bond acceptors (Lipinski definition) is 5. The molecule has 32 heavy (non-hydrogen) atoms. The zero-order chi connectivity index (χ0) is 22.7. The molecule has 4 aromatic rings. The van der Waals surface area contributed by atoms with Gasteiger partial charge in [-0.3, -0.25) is 4.79 Å². The van der Waals surface area contributed by atoms with Gasteiger partial charge in [0.1, 0.15) is 11.6 Å². The zero-order valence-electron chi connectivity index (χ0n) is 18.2. The number of hydrogen-bond donors (Lipinski definition) is 0. The topological polar surface area (TPSA) is 62.7 Å². The number of furan rings is 1. The lowest BCUT2D eigenvalue weighted by Crippen LogP contribution is -2.30. The van der Waals surface area contributed by atoms with Gasteiger partial charge in [-0.15, -0.1) is 0 Å². The van der Waals surface area contributed by atoms with E-state index >= 15 is 0 Å². The number of amides is 1. The number of carbonyl (C=O) groups excluding carboxylic acids is 1. The van der Waals surface area contributed by atoms with E-state index in [1.165, 1.54) is 12.1 Å². The number of halogens is 1. The van der Waals surface area contributed by atoms with Crippen LogP contribution in [0.15, 0.2) is 75.9 Å². The van der Waals surface area contributed by atoms with Gasteiger partial charge in [0.15, 0.2) is 11.5 Å². The molecule has 4 rings (SSSR count). The number of aromatic nitrogens is 1. The molecule has 2 aromatic carbocycles. The first-order valence-corrected chi connectivity index (χ1v) is 10.2. The summed E-state index contributed by atoms with van der Waals surface area (Å²) < 4.78 is 24.7. The molecule has 0 bridgehead atoms. The Morgan fingerprint density at radius 2 is 1.81 bits per heavy atom. The standard InChI is InChI=1S/C25H24FN3O3/c1-17-6-9-19(13-22(17)26)24-14-23(27-32-24)25(30)29(16-21-5-4-12-31-21)15-18-7-10-20(11-8-18)28(2)3/h4-14H,15-16H2,1-3H3. The van der Waals surface area contributed by atoms with Gasteiger partial charge in [-0.05, 0) is 48.4 Å². The maximum absolute atomic E-state index is 13.9. The van der Waals surface area contributed by atoms with Crippen LogP contribution in [-0.4, -0.2) is 30.1 Å². The molecule has 0 fully saturated rings. The summed E-state index contributed by atoms with van der Waals surface area (Å²) in [5.74, 6) is 0.348. The van der Waals surface area contributed by atoms with E-state index in [9.17, 15) is 9.18 Å². The summed E-state index contributed by atoms with van der Waals surface area (Å²) in [7, 11) is 3.95. The molecule has 0 radical (unpaired) electrons. The molecule has 0 aliphatic heterocycles. The van der Waals surface area contributed by atoms with E-state index in [4.69, 9.17) is 8.94 Å². The Labute approximate surface area is 185 Å². The molecule has 0 N–H and O–H groups in total. The van der Waals surface area contributed by atoms with Gasteiger partial charge in [-0.25, -0.2) is 4.39 Å². The van der Waals surface area contributed by atoms with Crippen LogP contribution < -0.4 is 4.90 Å². The van der Waals surface area contributed by atoms with Gasteiger partial charge in [0.2, 0.25) is 0 Å². The molecule has 2 aromatic heterocycles. The van der Waals surface area contributed by atoms with E-state index < -0.39 is 0 Å². The van der Waals surface area contributed by atoms with Crippen molar-refractivity contribution in [2.24, 2.45) is 0 Å². The summed E-state index contributed by atoms with van der Waals surface area (Å²) in [6, 6.07) is 17.9. The highest BCUT2D eigenvalue weighted by Crippen LogP contribution is 2.24. The first kappa shape index (κ1) is 21.4. The molecule has 0 saturated carbocycles. The lowest BCUT2D eigenvalue weighted by molar-refractivity contribution is 0.0707. The number of nitrogens with zero attached hydrogens (tertiary/aromatic N) is 3. The normalized spacial score (nSPS) is 10.9. The molecule has 0 aliphatic rings. The van der Waals surface area contributed by atoms with Crippen LogP contribution in [0.25, 0.3) is 11.3 Å². The van der Waals surface area contributed by atoms with Crippen molar-refractivity contribution < 1.29 is 18.1 Å². The first-order valence-electron chi connectivity index (χ1n) is 10.2. The molecule has 0 spiro atoms. The predicted octanol–water partition coefficient (Wildman–Crippen LogP) is 5.29. The molecule has 0 unspecified atom stereocenters. The van der Waals surface area contributed by atoms with Crippen molar-refractivity contribution >= 4 is 11.6 Å². The van der Waals surface area contributed by atoms with Gasteiger partial charge in [0, 0.05) is 38.0 Å². The number of carbonyl (C=O) groups is 1. The predicted molar refractivity (Wildman–Crippen MR) is 120 cm³/mol. The third-order valence-corrected chi connectivity index (χ3v) is 5.23. The Morgan fingerprint density at radius 1 is 1.03 bits per heavy atom. The second-order valence-electron chi connectivity index (χ2n) is 7.84. The van der Waals surface area contributed by atoms with Crippen LogP contribution in [0, 0.1) is 12.7 Å². The van der Waals surface area contributed by atoms with E-state index in [2.05, 4.69) is 5.16 Å². The highest BCUT2D eigenvalue weighted by atomic mass is 19.1. The molecule has 7 heteroatoms. The Balaban J connectivity index is 1.58. The maximum Gasteiger partial charge on any atom is 0.276 e. The van der Waals surface area contributed by atoms with E-state index in [1.54, 1.807) is 36.3 Å². The first-order chi connectivity index (χ1) is 15.4. The van der Waals surface area contributed by atoms with Crippen molar-refractivity contribution in [2.75, 3.05) is 19.0 Å². The van der Waals surface area contributed by atoms with Crippen molar-refractivity contribution in [3.8, 4) is 11.3 Å². The Hall–Kier alpha value is -3.87. The lowest BCUT2D eigenvalue weighted by Gasteiger charge is -2.21. The molecule has 164 valence electrons. The highest BCUT2D eigenvalue weighted by Gasteiger charge is 2.22. The van der Waals surface area contributed by atoms with Crippen molar-refractivity contribution in [3.63, 3.8) is 0 Å². The average molecular weight is 433 g/mol. The van der Waals surface area contributed by atoms with Crippen molar-refractivity contribution in [3.05, 3.63) is 95.3 Å². The summed E-state index contributed by atoms with van der Waals surface area (Å²) in [4.78, 5) is 16.9. The SMILES string of the molecule is Cc1ccc(-c2cc(C(=O)N(Cc3ccc(N(C)C)cc3)Cc3ccco3)no2)cc1F. The lowest BCUT2D eigenvalue weighted by atomic mass is 10.1. The Bertz CT molecular complexity index is 1200. The van der Waals surface area contributed by atoms with Gasteiger partial charge in [0.25, 0.3) is 5.91 Å². The summed E-state index contributed by atoms with van der Waals surface area (Å²) in [6.45, 7) is 2.34. The molecule has 6 nitrogen and oxygen atoms in total.